The van der Waals surface area contributed by atoms with E-state index < -0.39 is 0 Å². The van der Waals surface area contributed by atoms with Crippen molar-refractivity contribution in [2.75, 3.05) is 7.11 Å². The Morgan fingerprint density at radius 1 is 1.05 bits per heavy atom. The second kappa shape index (κ2) is 6.36. The first-order valence-corrected chi connectivity index (χ1v) is 6.19. The highest BCUT2D eigenvalue weighted by atomic mass is 16.5. The van der Waals surface area contributed by atoms with Gasteiger partial charge in [0.25, 0.3) is 0 Å². The first-order chi connectivity index (χ1) is 9.22. The molecule has 2 aromatic rings. The number of hydrogen-bond acceptors (Lipinski definition) is 3. The molecule has 0 radical (unpaired) electrons. The van der Waals surface area contributed by atoms with E-state index in [9.17, 15) is 0 Å². The van der Waals surface area contributed by atoms with Crippen LogP contribution in [-0.4, -0.2) is 12.2 Å². The zero-order chi connectivity index (χ0) is 13.7. The molecule has 0 aliphatic carbocycles. The smallest absolute Gasteiger partial charge is 0.130 e. The zero-order valence-electron chi connectivity index (χ0n) is 11.2. The zero-order valence-corrected chi connectivity index (χ0v) is 11.2. The summed E-state index contributed by atoms with van der Waals surface area (Å²) in [6.07, 6.45) is 0. The minimum absolute atomic E-state index is 0.0461. The van der Waals surface area contributed by atoms with E-state index in [1.807, 2.05) is 49.4 Å². The summed E-state index contributed by atoms with van der Waals surface area (Å²) in [4.78, 5) is 0. The van der Waals surface area contributed by atoms with Gasteiger partial charge in [-0.15, -0.1) is 0 Å². The van der Waals surface area contributed by atoms with E-state index in [0.29, 0.717) is 6.61 Å². The summed E-state index contributed by atoms with van der Waals surface area (Å²) in [5.74, 6) is 1.58. The van der Waals surface area contributed by atoms with Crippen molar-refractivity contribution in [1.82, 2.24) is 0 Å². The molecule has 100 valence electrons. The molecule has 1 N–H and O–H groups in total. The van der Waals surface area contributed by atoms with Gasteiger partial charge in [0, 0.05) is 7.11 Å². The molecule has 0 amide bonds. The van der Waals surface area contributed by atoms with Crippen molar-refractivity contribution in [2.24, 2.45) is 0 Å². The molecule has 0 heterocycles. The van der Waals surface area contributed by atoms with Crippen LogP contribution in [0.15, 0.2) is 42.5 Å². The maximum atomic E-state index is 9.08. The molecular weight excluding hydrogens is 240 g/mol. The summed E-state index contributed by atoms with van der Waals surface area (Å²) in [5.41, 5.74) is 2.96. The molecule has 3 nitrogen and oxygen atoms in total. The molecular formula is C16H18O3. The summed E-state index contributed by atoms with van der Waals surface area (Å²) in [7, 11) is 1.67. The van der Waals surface area contributed by atoms with E-state index in [0.717, 1.165) is 28.2 Å². The third kappa shape index (κ3) is 3.56. The minimum atomic E-state index is 0.0461. The fraction of sp³-hybridized carbons (Fsp3) is 0.250. The molecule has 0 spiro atoms. The van der Waals surface area contributed by atoms with Crippen LogP contribution in [0, 0.1) is 6.92 Å². The van der Waals surface area contributed by atoms with Crippen molar-refractivity contribution >= 4 is 0 Å². The van der Waals surface area contributed by atoms with E-state index in [4.69, 9.17) is 14.6 Å². The van der Waals surface area contributed by atoms with Crippen LogP contribution in [0.5, 0.6) is 11.5 Å². The Morgan fingerprint density at radius 2 is 1.89 bits per heavy atom. The molecule has 0 aliphatic rings. The van der Waals surface area contributed by atoms with Gasteiger partial charge in [-0.25, -0.2) is 0 Å². The van der Waals surface area contributed by atoms with Crippen LogP contribution in [0.4, 0.5) is 0 Å². The second-order valence-electron chi connectivity index (χ2n) is 4.44. The molecule has 0 fully saturated rings. The van der Waals surface area contributed by atoms with Gasteiger partial charge in [0.1, 0.15) is 11.5 Å². The summed E-state index contributed by atoms with van der Waals surface area (Å²) in [5, 5.41) is 9.08. The SMILES string of the molecule is COCc1cccc(Oc2ccc(CO)cc2C)c1. The molecule has 0 aliphatic heterocycles. The minimum Gasteiger partial charge on any atom is -0.457 e. The lowest BCUT2D eigenvalue weighted by Crippen LogP contribution is -1.92. The Balaban J connectivity index is 2.18. The molecule has 2 rings (SSSR count). The van der Waals surface area contributed by atoms with Crippen molar-refractivity contribution in [2.45, 2.75) is 20.1 Å². The Hall–Kier alpha value is -1.84. The van der Waals surface area contributed by atoms with Crippen molar-refractivity contribution in [3.63, 3.8) is 0 Å². The maximum absolute atomic E-state index is 9.08. The molecule has 0 aromatic heterocycles. The number of rotatable bonds is 5. The molecule has 19 heavy (non-hydrogen) atoms. The standard InChI is InChI=1S/C16H18O3/c1-12-8-13(10-17)6-7-16(12)19-15-5-3-4-14(9-15)11-18-2/h3-9,17H,10-11H2,1-2H3. The Morgan fingerprint density at radius 3 is 2.58 bits per heavy atom. The number of aliphatic hydroxyl groups excluding tert-OH is 1. The predicted molar refractivity (Wildman–Crippen MR) is 74.3 cm³/mol. The average Bonchev–Trinajstić information content (AvgIpc) is 2.42. The highest BCUT2D eigenvalue weighted by Crippen LogP contribution is 2.26. The van der Waals surface area contributed by atoms with Crippen molar-refractivity contribution in [3.05, 3.63) is 59.2 Å². The van der Waals surface area contributed by atoms with Gasteiger partial charge in [0.05, 0.1) is 13.2 Å². The van der Waals surface area contributed by atoms with Crippen LogP contribution in [0.2, 0.25) is 0 Å². The van der Waals surface area contributed by atoms with Crippen LogP contribution in [0.3, 0.4) is 0 Å². The van der Waals surface area contributed by atoms with Gasteiger partial charge in [-0.1, -0.05) is 24.3 Å². The molecule has 0 bridgehead atoms. The van der Waals surface area contributed by atoms with Gasteiger partial charge in [-0.05, 0) is 41.8 Å². The first-order valence-electron chi connectivity index (χ1n) is 6.19. The fourth-order valence-electron chi connectivity index (χ4n) is 1.92. The van der Waals surface area contributed by atoms with Gasteiger partial charge in [-0.3, -0.25) is 0 Å². The van der Waals surface area contributed by atoms with Gasteiger partial charge in [0.15, 0.2) is 0 Å². The largest absolute Gasteiger partial charge is 0.457 e. The van der Waals surface area contributed by atoms with E-state index in [1.165, 1.54) is 0 Å². The van der Waals surface area contributed by atoms with Crippen molar-refractivity contribution in [3.8, 4) is 11.5 Å². The lowest BCUT2D eigenvalue weighted by Gasteiger charge is -2.10. The third-order valence-corrected chi connectivity index (χ3v) is 2.86. The van der Waals surface area contributed by atoms with Crippen LogP contribution in [0.25, 0.3) is 0 Å². The number of aryl methyl sites for hydroxylation is 1. The van der Waals surface area contributed by atoms with E-state index in [2.05, 4.69) is 0 Å². The van der Waals surface area contributed by atoms with Gasteiger partial charge in [-0.2, -0.15) is 0 Å². The Labute approximate surface area is 113 Å². The first kappa shape index (κ1) is 13.6. The summed E-state index contributed by atoms with van der Waals surface area (Å²) < 4.78 is 11.0. The summed E-state index contributed by atoms with van der Waals surface area (Å²) in [6.45, 7) is 2.58. The molecule has 3 heteroatoms. The highest BCUT2D eigenvalue weighted by molar-refractivity contribution is 5.40. The highest BCUT2D eigenvalue weighted by Gasteiger charge is 2.03. The van der Waals surface area contributed by atoms with Gasteiger partial charge in [0.2, 0.25) is 0 Å². The normalized spacial score (nSPS) is 10.5. The van der Waals surface area contributed by atoms with Gasteiger partial charge < -0.3 is 14.6 Å². The van der Waals surface area contributed by atoms with E-state index >= 15 is 0 Å². The van der Waals surface area contributed by atoms with Crippen LogP contribution >= 0.6 is 0 Å². The third-order valence-electron chi connectivity index (χ3n) is 2.86. The van der Waals surface area contributed by atoms with E-state index in [-0.39, 0.29) is 6.61 Å². The summed E-state index contributed by atoms with van der Waals surface area (Å²) >= 11 is 0. The van der Waals surface area contributed by atoms with Gasteiger partial charge >= 0.3 is 0 Å². The Kier molecular flexibility index (Phi) is 4.55. The molecule has 0 saturated carbocycles. The molecule has 0 saturated heterocycles. The molecule has 0 unspecified atom stereocenters. The number of ether oxygens (including phenoxy) is 2. The topological polar surface area (TPSA) is 38.7 Å². The Bertz CT molecular complexity index is 549. The van der Waals surface area contributed by atoms with Crippen LogP contribution < -0.4 is 4.74 Å². The maximum Gasteiger partial charge on any atom is 0.130 e. The van der Waals surface area contributed by atoms with Crippen molar-refractivity contribution < 1.29 is 14.6 Å². The fourth-order valence-corrected chi connectivity index (χ4v) is 1.92. The second-order valence-corrected chi connectivity index (χ2v) is 4.44. The average molecular weight is 258 g/mol. The monoisotopic (exact) mass is 258 g/mol. The predicted octanol–water partition coefficient (Wildman–Crippen LogP) is 3.43. The van der Waals surface area contributed by atoms with Crippen LogP contribution in [0.1, 0.15) is 16.7 Å². The molecule has 2 aromatic carbocycles. The quantitative estimate of drug-likeness (QED) is 0.893. The van der Waals surface area contributed by atoms with Crippen LogP contribution in [-0.2, 0) is 18.0 Å². The summed E-state index contributed by atoms with van der Waals surface area (Å²) in [6, 6.07) is 13.5. The number of methoxy groups -OCH3 is 1. The number of hydrogen-bond donors (Lipinski definition) is 1. The number of benzene rings is 2. The number of aliphatic hydroxyl groups is 1. The van der Waals surface area contributed by atoms with Crippen molar-refractivity contribution in [1.29, 1.82) is 0 Å². The molecule has 0 atom stereocenters. The lowest BCUT2D eigenvalue weighted by molar-refractivity contribution is 0.184. The van der Waals surface area contributed by atoms with E-state index in [1.54, 1.807) is 7.11 Å². The lowest BCUT2D eigenvalue weighted by atomic mass is 10.1.